The SMILES string of the molecule is CCOC(=O)c1cc(CC)sc1NC(=O)COC(=O)c1ccc(C)c(O)c1O. The summed E-state index contributed by atoms with van der Waals surface area (Å²) >= 11 is 1.23. The molecule has 0 unspecified atom stereocenters. The molecule has 8 nitrogen and oxygen atoms in total. The fraction of sp³-hybridized carbons (Fsp3) is 0.316. The molecule has 1 heterocycles. The van der Waals surface area contributed by atoms with E-state index in [4.69, 9.17) is 9.47 Å². The van der Waals surface area contributed by atoms with Gasteiger partial charge in [-0.25, -0.2) is 9.59 Å². The van der Waals surface area contributed by atoms with Crippen molar-refractivity contribution in [3.8, 4) is 11.5 Å². The van der Waals surface area contributed by atoms with Crippen molar-refractivity contribution >= 4 is 34.2 Å². The minimum atomic E-state index is -0.964. The Balaban J connectivity index is 2.05. The Morgan fingerprint density at radius 1 is 1.04 bits per heavy atom. The van der Waals surface area contributed by atoms with E-state index >= 15 is 0 Å². The van der Waals surface area contributed by atoms with Crippen molar-refractivity contribution in [1.82, 2.24) is 0 Å². The van der Waals surface area contributed by atoms with Crippen molar-refractivity contribution in [3.63, 3.8) is 0 Å². The Kier molecular flexibility index (Phi) is 7.00. The van der Waals surface area contributed by atoms with Gasteiger partial charge in [0, 0.05) is 4.88 Å². The molecule has 0 spiro atoms. The molecular formula is C19H21NO7S. The number of carbonyl (C=O) groups is 3. The van der Waals surface area contributed by atoms with Gasteiger partial charge in [-0.1, -0.05) is 13.0 Å². The smallest absolute Gasteiger partial charge is 0.342 e. The second-order valence-electron chi connectivity index (χ2n) is 5.78. The number of amides is 1. The molecule has 0 aliphatic heterocycles. The number of anilines is 1. The molecule has 1 aromatic heterocycles. The molecule has 2 aromatic rings. The number of ether oxygens (including phenoxy) is 2. The number of aromatic hydroxyl groups is 2. The van der Waals surface area contributed by atoms with E-state index in [1.807, 2.05) is 6.92 Å². The van der Waals surface area contributed by atoms with Crippen molar-refractivity contribution in [1.29, 1.82) is 0 Å². The second-order valence-corrected chi connectivity index (χ2v) is 6.92. The van der Waals surface area contributed by atoms with E-state index in [0.717, 1.165) is 4.88 Å². The molecule has 150 valence electrons. The van der Waals surface area contributed by atoms with Crippen LogP contribution in [0.15, 0.2) is 18.2 Å². The average Bonchev–Trinajstić information content (AvgIpc) is 3.07. The summed E-state index contributed by atoms with van der Waals surface area (Å²) in [6.45, 7) is 4.73. The van der Waals surface area contributed by atoms with E-state index in [0.29, 0.717) is 17.0 Å². The highest BCUT2D eigenvalue weighted by Gasteiger charge is 2.21. The first kappa shape index (κ1) is 21.2. The molecule has 1 aromatic carbocycles. The first-order valence-electron chi connectivity index (χ1n) is 8.56. The Morgan fingerprint density at radius 2 is 1.71 bits per heavy atom. The van der Waals surface area contributed by atoms with Crippen LogP contribution in [0.1, 0.15) is 45.0 Å². The number of phenolic OH excluding ortho intramolecular Hbond substituents is 2. The standard InChI is InChI=1S/C19H21NO7S/c1-4-11-8-13(19(25)26-5-2)17(28-11)20-14(21)9-27-18(24)12-7-6-10(3)15(22)16(12)23/h6-8,22-23H,4-5,9H2,1-3H3,(H,20,21). The minimum absolute atomic E-state index is 0.202. The van der Waals surface area contributed by atoms with Gasteiger partial charge in [-0.3, -0.25) is 4.79 Å². The van der Waals surface area contributed by atoms with Crippen molar-refractivity contribution in [2.45, 2.75) is 27.2 Å². The molecule has 3 N–H and O–H groups in total. The van der Waals surface area contributed by atoms with E-state index in [-0.39, 0.29) is 17.7 Å². The van der Waals surface area contributed by atoms with E-state index in [9.17, 15) is 24.6 Å². The van der Waals surface area contributed by atoms with Gasteiger partial charge >= 0.3 is 11.9 Å². The molecular weight excluding hydrogens is 386 g/mol. The van der Waals surface area contributed by atoms with E-state index in [2.05, 4.69) is 5.32 Å². The van der Waals surface area contributed by atoms with Crippen LogP contribution in [0.5, 0.6) is 11.5 Å². The number of nitrogens with one attached hydrogen (secondary N) is 1. The van der Waals surface area contributed by atoms with Crippen molar-refractivity contribution in [2.75, 3.05) is 18.5 Å². The average molecular weight is 407 g/mol. The molecule has 0 saturated carbocycles. The third-order valence-electron chi connectivity index (χ3n) is 3.79. The Labute approximate surface area is 165 Å². The van der Waals surface area contributed by atoms with Crippen LogP contribution >= 0.6 is 11.3 Å². The van der Waals surface area contributed by atoms with E-state index in [1.165, 1.54) is 23.5 Å². The van der Waals surface area contributed by atoms with Crippen LogP contribution in [0, 0.1) is 6.92 Å². The summed E-state index contributed by atoms with van der Waals surface area (Å²) < 4.78 is 9.86. The minimum Gasteiger partial charge on any atom is -0.504 e. The molecule has 0 saturated heterocycles. The lowest BCUT2D eigenvalue weighted by molar-refractivity contribution is -0.119. The lowest BCUT2D eigenvalue weighted by atomic mass is 10.1. The zero-order valence-electron chi connectivity index (χ0n) is 15.7. The summed E-state index contributed by atoms with van der Waals surface area (Å²) in [7, 11) is 0. The van der Waals surface area contributed by atoms with E-state index < -0.39 is 36.0 Å². The van der Waals surface area contributed by atoms with Gasteiger partial charge in [-0.15, -0.1) is 11.3 Å². The van der Waals surface area contributed by atoms with Gasteiger partial charge in [-0.05, 0) is 38.0 Å². The highest BCUT2D eigenvalue weighted by atomic mass is 32.1. The van der Waals surface area contributed by atoms with Gasteiger partial charge in [-0.2, -0.15) is 0 Å². The van der Waals surface area contributed by atoms with Crippen LogP contribution in [-0.2, 0) is 20.7 Å². The molecule has 0 radical (unpaired) electrons. The Hall–Kier alpha value is -3.07. The third-order valence-corrected chi connectivity index (χ3v) is 4.98. The first-order valence-corrected chi connectivity index (χ1v) is 9.38. The third kappa shape index (κ3) is 4.80. The van der Waals surface area contributed by atoms with Gasteiger partial charge in [0.05, 0.1) is 12.2 Å². The maximum atomic E-state index is 12.1. The lowest BCUT2D eigenvalue weighted by Gasteiger charge is -2.09. The van der Waals surface area contributed by atoms with Crippen molar-refractivity contribution < 1.29 is 34.1 Å². The maximum absolute atomic E-state index is 12.1. The summed E-state index contributed by atoms with van der Waals surface area (Å²) in [5.41, 5.74) is 0.375. The quantitative estimate of drug-likeness (QED) is 0.476. The molecule has 0 fully saturated rings. The molecule has 0 aliphatic carbocycles. The molecule has 0 bridgehead atoms. The Bertz CT molecular complexity index is 904. The van der Waals surface area contributed by atoms with Crippen molar-refractivity contribution in [2.24, 2.45) is 0 Å². The summed E-state index contributed by atoms with van der Waals surface area (Å²) in [6, 6.07) is 4.38. The largest absolute Gasteiger partial charge is 0.504 e. The van der Waals surface area contributed by atoms with Gasteiger partial charge in [0.2, 0.25) is 0 Å². The van der Waals surface area contributed by atoms with Crippen LogP contribution in [0.2, 0.25) is 0 Å². The van der Waals surface area contributed by atoms with Gasteiger partial charge in [0.15, 0.2) is 18.1 Å². The summed E-state index contributed by atoms with van der Waals surface area (Å²) in [5, 5.41) is 22.4. The number of hydrogen-bond acceptors (Lipinski definition) is 8. The van der Waals surface area contributed by atoms with Crippen molar-refractivity contribution in [3.05, 3.63) is 39.8 Å². The Morgan fingerprint density at radius 3 is 2.36 bits per heavy atom. The number of esters is 2. The van der Waals surface area contributed by atoms with Crippen LogP contribution in [-0.4, -0.2) is 41.3 Å². The monoisotopic (exact) mass is 407 g/mol. The normalized spacial score (nSPS) is 10.4. The lowest BCUT2D eigenvalue weighted by Crippen LogP contribution is -2.21. The van der Waals surface area contributed by atoms with E-state index in [1.54, 1.807) is 19.9 Å². The zero-order chi connectivity index (χ0) is 20.8. The highest BCUT2D eigenvalue weighted by molar-refractivity contribution is 7.16. The molecule has 2 rings (SSSR count). The predicted molar refractivity (Wildman–Crippen MR) is 103 cm³/mol. The number of aryl methyl sites for hydroxylation is 2. The summed E-state index contributed by atoms with van der Waals surface area (Å²) in [5.74, 6) is -3.21. The topological polar surface area (TPSA) is 122 Å². The summed E-state index contributed by atoms with van der Waals surface area (Å²) in [6.07, 6.45) is 0.679. The molecule has 9 heteroatoms. The number of carbonyl (C=O) groups excluding carboxylic acids is 3. The predicted octanol–water partition coefficient (Wildman–Crippen LogP) is 3.00. The number of benzene rings is 1. The van der Waals surface area contributed by atoms with Gasteiger partial charge in [0.25, 0.3) is 5.91 Å². The number of hydrogen-bond donors (Lipinski definition) is 3. The second kappa shape index (κ2) is 9.23. The van der Waals surface area contributed by atoms with Crippen LogP contribution in [0.3, 0.4) is 0 Å². The fourth-order valence-corrected chi connectivity index (χ4v) is 3.29. The zero-order valence-corrected chi connectivity index (χ0v) is 16.5. The number of thiophene rings is 1. The fourth-order valence-electron chi connectivity index (χ4n) is 2.29. The molecule has 0 aliphatic rings. The molecule has 28 heavy (non-hydrogen) atoms. The molecule has 0 atom stereocenters. The molecule has 1 amide bonds. The maximum Gasteiger partial charge on any atom is 0.342 e. The van der Waals surface area contributed by atoms with Crippen LogP contribution < -0.4 is 5.32 Å². The van der Waals surface area contributed by atoms with Crippen LogP contribution in [0.25, 0.3) is 0 Å². The summed E-state index contributed by atoms with van der Waals surface area (Å²) in [4.78, 5) is 37.1. The van der Waals surface area contributed by atoms with Gasteiger partial charge < -0.3 is 25.0 Å². The van der Waals surface area contributed by atoms with Gasteiger partial charge in [0.1, 0.15) is 10.6 Å². The number of rotatable bonds is 7. The number of phenols is 2. The van der Waals surface area contributed by atoms with Crippen LogP contribution in [0.4, 0.5) is 5.00 Å². The first-order chi connectivity index (χ1) is 13.3. The highest BCUT2D eigenvalue weighted by Crippen LogP contribution is 2.32.